The van der Waals surface area contributed by atoms with E-state index in [0.29, 0.717) is 35.6 Å². The predicted molar refractivity (Wildman–Crippen MR) is 201 cm³/mol. The van der Waals surface area contributed by atoms with Crippen LogP contribution in [0.4, 0.5) is 11.4 Å². The third kappa shape index (κ3) is 11.6. The minimum Gasteiger partial charge on any atom is -0.329 e. The summed E-state index contributed by atoms with van der Waals surface area (Å²) in [6.45, 7) is 14.2. The molecule has 0 aliphatic rings. The van der Waals surface area contributed by atoms with Crippen molar-refractivity contribution in [3.8, 4) is 0 Å². The van der Waals surface area contributed by atoms with Gasteiger partial charge in [-0.1, -0.05) is 93.3 Å². The van der Waals surface area contributed by atoms with E-state index in [1.54, 1.807) is 15.9 Å². The van der Waals surface area contributed by atoms with Crippen LogP contribution in [0.5, 0.6) is 0 Å². The number of benzene rings is 3. The highest BCUT2D eigenvalue weighted by atomic mass is 16.2. The van der Waals surface area contributed by atoms with Gasteiger partial charge in [0.25, 0.3) is 11.8 Å². The first kappa shape index (κ1) is 38.0. The molecular formula is C41H48N4O4. The lowest BCUT2D eigenvalue weighted by Crippen LogP contribution is -2.39. The zero-order chi connectivity index (χ0) is 35.8. The summed E-state index contributed by atoms with van der Waals surface area (Å²) in [5.74, 6) is -0.904. The average molecular weight is 661 g/mol. The molecule has 0 aromatic heterocycles. The van der Waals surface area contributed by atoms with Gasteiger partial charge < -0.3 is 20.4 Å². The molecule has 0 atom stereocenters. The second kappa shape index (κ2) is 19.4. The van der Waals surface area contributed by atoms with Crippen LogP contribution in [0.2, 0.25) is 0 Å². The number of hydrogen-bond acceptors (Lipinski definition) is 4. The van der Waals surface area contributed by atoms with Crippen LogP contribution in [-0.4, -0.2) is 59.6 Å². The Balaban J connectivity index is 1.56. The molecule has 0 saturated heterocycles. The van der Waals surface area contributed by atoms with Crippen molar-refractivity contribution in [2.45, 2.75) is 47.5 Å². The van der Waals surface area contributed by atoms with Gasteiger partial charge >= 0.3 is 0 Å². The first-order valence-electron chi connectivity index (χ1n) is 16.7. The molecule has 0 spiro atoms. The van der Waals surface area contributed by atoms with Crippen LogP contribution in [0, 0.1) is 6.92 Å². The van der Waals surface area contributed by atoms with E-state index in [0.717, 1.165) is 35.1 Å². The molecule has 0 heterocycles. The number of carbonyl (C=O) groups excluding carboxylic acids is 4. The van der Waals surface area contributed by atoms with Crippen LogP contribution in [-0.2, 0) is 14.4 Å². The maximum atomic E-state index is 13.1. The van der Waals surface area contributed by atoms with Gasteiger partial charge in [-0.25, -0.2) is 0 Å². The molecule has 3 aromatic carbocycles. The van der Waals surface area contributed by atoms with E-state index in [4.69, 9.17) is 0 Å². The Morgan fingerprint density at radius 3 is 1.69 bits per heavy atom. The van der Waals surface area contributed by atoms with Gasteiger partial charge in [-0.2, -0.15) is 0 Å². The Hall–Kier alpha value is -5.50. The highest BCUT2D eigenvalue weighted by Crippen LogP contribution is 2.17. The van der Waals surface area contributed by atoms with Crippen LogP contribution < -0.4 is 10.6 Å². The van der Waals surface area contributed by atoms with Gasteiger partial charge in [0.05, 0.1) is 0 Å². The highest BCUT2D eigenvalue weighted by Gasteiger charge is 2.21. The summed E-state index contributed by atoms with van der Waals surface area (Å²) >= 11 is 0. The van der Waals surface area contributed by atoms with Crippen molar-refractivity contribution in [3.05, 3.63) is 131 Å². The van der Waals surface area contributed by atoms with Crippen LogP contribution in [0.25, 0.3) is 12.2 Å². The van der Waals surface area contributed by atoms with Crippen LogP contribution >= 0.6 is 0 Å². The van der Waals surface area contributed by atoms with E-state index in [1.807, 2.05) is 126 Å². The summed E-state index contributed by atoms with van der Waals surface area (Å²) in [6, 6.07) is 22.3. The van der Waals surface area contributed by atoms with Crippen molar-refractivity contribution < 1.29 is 19.2 Å². The number of nitrogens with zero attached hydrogens (tertiary/aromatic N) is 2. The molecule has 0 unspecified atom stereocenters. The lowest BCUT2D eigenvalue weighted by molar-refractivity contribution is -0.131. The second-order valence-electron chi connectivity index (χ2n) is 11.7. The maximum absolute atomic E-state index is 13.1. The smallest absolute Gasteiger partial charge is 0.254 e. The molecule has 8 nitrogen and oxygen atoms in total. The molecule has 4 amide bonds. The van der Waals surface area contributed by atoms with E-state index in [2.05, 4.69) is 17.2 Å². The minimum atomic E-state index is -0.277. The molecule has 0 aliphatic heterocycles. The molecule has 0 radical (unpaired) electrons. The largest absolute Gasteiger partial charge is 0.329 e. The third-order valence-electron chi connectivity index (χ3n) is 7.74. The van der Waals surface area contributed by atoms with Crippen molar-refractivity contribution in [2.24, 2.45) is 0 Å². The average Bonchev–Trinajstić information content (AvgIpc) is 3.08. The summed E-state index contributed by atoms with van der Waals surface area (Å²) in [4.78, 5) is 55.1. The van der Waals surface area contributed by atoms with E-state index in [9.17, 15) is 19.2 Å². The Morgan fingerprint density at radius 2 is 1.22 bits per heavy atom. The molecule has 256 valence electrons. The molecule has 49 heavy (non-hydrogen) atoms. The van der Waals surface area contributed by atoms with E-state index in [-0.39, 0.29) is 36.7 Å². The van der Waals surface area contributed by atoms with Gasteiger partial charge in [0.2, 0.25) is 11.8 Å². The second-order valence-corrected chi connectivity index (χ2v) is 11.7. The van der Waals surface area contributed by atoms with Crippen LogP contribution in [0.1, 0.15) is 67.6 Å². The Kier molecular flexibility index (Phi) is 15.0. The summed E-state index contributed by atoms with van der Waals surface area (Å²) in [5, 5.41) is 5.78. The van der Waals surface area contributed by atoms with E-state index >= 15 is 0 Å². The number of nitrogens with one attached hydrogen (secondary N) is 2. The standard InChI is InChI=1S/C41H48N4O4/c1-7-13-30(5)36(10-4)40(48)44(26-8-2)28-38(46)42-34-22-18-32(19-23-34)16-17-33-20-24-35(25-21-33)43-39(47)29-45(27-9-3)41(49)37-15-12-11-14-31(37)6/h7,10-25H,4,8-9,26-29H2,1-3,5-6H3,(H,42,46)(H,43,47)/b13-7-,17-16+,36-30+. The highest BCUT2D eigenvalue weighted by molar-refractivity contribution is 6.01. The van der Waals surface area contributed by atoms with Gasteiger partial charge in [0.15, 0.2) is 0 Å². The van der Waals surface area contributed by atoms with Gasteiger partial charge in [0, 0.05) is 35.6 Å². The first-order valence-corrected chi connectivity index (χ1v) is 16.7. The lowest BCUT2D eigenvalue weighted by atomic mass is 10.1. The SMILES string of the molecule is C=C/C(C(=O)N(CCC)CC(=O)Nc1ccc(/C=C/c2ccc(NC(=O)CN(CCC)C(=O)c3ccccc3C)cc2)cc1)=C(C)\C=C/C. The number of hydrogen-bond donors (Lipinski definition) is 2. The number of allylic oxidation sites excluding steroid dienone is 3. The van der Waals surface area contributed by atoms with Gasteiger partial charge in [-0.3, -0.25) is 19.2 Å². The van der Waals surface area contributed by atoms with Crippen molar-refractivity contribution >= 4 is 47.2 Å². The van der Waals surface area contributed by atoms with E-state index < -0.39 is 0 Å². The van der Waals surface area contributed by atoms with Gasteiger partial charge in [-0.05, 0) is 86.2 Å². The summed E-state index contributed by atoms with van der Waals surface area (Å²) in [5.41, 5.74) is 5.92. The normalized spacial score (nSPS) is 11.6. The molecule has 3 aromatic rings. The van der Waals surface area contributed by atoms with Crippen molar-refractivity contribution in [1.29, 1.82) is 0 Å². The van der Waals surface area contributed by atoms with Crippen molar-refractivity contribution in [2.75, 3.05) is 36.8 Å². The zero-order valence-electron chi connectivity index (χ0n) is 29.3. The maximum Gasteiger partial charge on any atom is 0.254 e. The quantitative estimate of drug-likeness (QED) is 0.0927. The number of anilines is 2. The fourth-order valence-corrected chi connectivity index (χ4v) is 5.25. The monoisotopic (exact) mass is 660 g/mol. The topological polar surface area (TPSA) is 98.8 Å². The fraction of sp³-hybridized carbons (Fsp3) is 0.268. The minimum absolute atomic E-state index is 0.0294. The predicted octanol–water partition coefficient (Wildman–Crippen LogP) is 7.91. The number of amides is 4. The Bertz CT molecular complexity index is 1700. The molecule has 3 rings (SSSR count). The number of rotatable bonds is 16. The van der Waals surface area contributed by atoms with Crippen LogP contribution in [0.15, 0.2) is 109 Å². The zero-order valence-corrected chi connectivity index (χ0v) is 29.3. The molecule has 0 saturated carbocycles. The molecule has 0 bridgehead atoms. The summed E-state index contributed by atoms with van der Waals surface area (Å²) < 4.78 is 0. The summed E-state index contributed by atoms with van der Waals surface area (Å²) in [7, 11) is 0. The Labute approximate surface area is 290 Å². The van der Waals surface area contributed by atoms with Crippen molar-refractivity contribution in [3.63, 3.8) is 0 Å². The summed E-state index contributed by atoms with van der Waals surface area (Å²) in [6.07, 6.45) is 10.6. The third-order valence-corrected chi connectivity index (χ3v) is 7.74. The number of aryl methyl sites for hydroxylation is 1. The molecule has 0 aliphatic carbocycles. The van der Waals surface area contributed by atoms with Crippen molar-refractivity contribution in [1.82, 2.24) is 9.80 Å². The first-order chi connectivity index (χ1) is 23.6. The van der Waals surface area contributed by atoms with Gasteiger partial charge in [-0.15, -0.1) is 0 Å². The number of carbonyl (C=O) groups is 4. The van der Waals surface area contributed by atoms with Gasteiger partial charge in [0.1, 0.15) is 13.1 Å². The lowest BCUT2D eigenvalue weighted by Gasteiger charge is -2.23. The molecule has 0 fully saturated rings. The Morgan fingerprint density at radius 1 is 0.735 bits per heavy atom. The van der Waals surface area contributed by atoms with E-state index in [1.165, 1.54) is 6.08 Å². The molecule has 8 heteroatoms. The molecular weight excluding hydrogens is 612 g/mol. The fourth-order valence-electron chi connectivity index (χ4n) is 5.25. The van der Waals surface area contributed by atoms with Crippen LogP contribution in [0.3, 0.4) is 0 Å². The molecule has 2 N–H and O–H groups in total.